The SMILES string of the molecule is COC(=O)C(CO)NC(=O)c1cc(C(=O)NC(Cc2ccccc2)C(O)CNCc2cccc(OC)c2)cc(C(=O)N(C)Cc2nc(C)cs2)c1. The van der Waals surface area contributed by atoms with Crippen LogP contribution in [0, 0.1) is 6.92 Å². The molecule has 51 heavy (non-hydrogen) atoms. The van der Waals surface area contributed by atoms with Crippen LogP contribution < -0.4 is 20.7 Å². The van der Waals surface area contributed by atoms with Gasteiger partial charge >= 0.3 is 5.97 Å². The number of nitrogens with one attached hydrogen (secondary N) is 3. The van der Waals surface area contributed by atoms with Gasteiger partial charge in [0.05, 0.1) is 39.5 Å². The summed E-state index contributed by atoms with van der Waals surface area (Å²) in [6, 6.07) is 18.7. The molecule has 1 heterocycles. The van der Waals surface area contributed by atoms with Gasteiger partial charge in [-0.3, -0.25) is 14.4 Å². The lowest BCUT2D eigenvalue weighted by atomic mass is 9.99. The zero-order chi connectivity index (χ0) is 36.9. The van der Waals surface area contributed by atoms with Gasteiger partial charge in [0.2, 0.25) is 0 Å². The van der Waals surface area contributed by atoms with Crippen molar-refractivity contribution in [2.24, 2.45) is 0 Å². The lowest BCUT2D eigenvalue weighted by Gasteiger charge is -2.25. The lowest BCUT2D eigenvalue weighted by Crippen LogP contribution is -2.48. The first-order valence-corrected chi connectivity index (χ1v) is 17.1. The van der Waals surface area contributed by atoms with Crippen LogP contribution in [0.15, 0.2) is 78.2 Å². The highest BCUT2D eigenvalue weighted by Gasteiger charge is 2.26. The summed E-state index contributed by atoms with van der Waals surface area (Å²) in [6.07, 6.45) is -0.751. The van der Waals surface area contributed by atoms with Gasteiger partial charge < -0.3 is 40.5 Å². The van der Waals surface area contributed by atoms with E-state index >= 15 is 0 Å². The average molecular weight is 718 g/mol. The molecule has 3 amide bonds. The summed E-state index contributed by atoms with van der Waals surface area (Å²) >= 11 is 1.40. The number of aliphatic hydroxyl groups excluding tert-OH is 2. The zero-order valence-electron chi connectivity index (χ0n) is 28.9. The maximum Gasteiger partial charge on any atom is 0.330 e. The Balaban J connectivity index is 1.60. The number of nitrogens with zero attached hydrogens (tertiary/aromatic N) is 2. The number of rotatable bonds is 17. The molecule has 3 aromatic carbocycles. The first-order chi connectivity index (χ1) is 24.5. The minimum atomic E-state index is -1.37. The number of esters is 1. The van der Waals surface area contributed by atoms with E-state index < -0.39 is 48.5 Å². The fraction of sp³-hybridized carbons (Fsp3) is 0.324. The van der Waals surface area contributed by atoms with Crippen LogP contribution in [-0.4, -0.2) is 96.4 Å². The highest BCUT2D eigenvalue weighted by atomic mass is 32.1. The fourth-order valence-corrected chi connectivity index (χ4v) is 6.06. The Morgan fingerprint density at radius 3 is 2.20 bits per heavy atom. The van der Waals surface area contributed by atoms with Crippen molar-refractivity contribution in [2.45, 2.75) is 44.6 Å². The second-order valence-electron chi connectivity index (χ2n) is 11.9. The Morgan fingerprint density at radius 1 is 0.902 bits per heavy atom. The Bertz CT molecular complexity index is 1800. The van der Waals surface area contributed by atoms with E-state index in [0.29, 0.717) is 17.3 Å². The molecule has 0 aliphatic rings. The van der Waals surface area contributed by atoms with Gasteiger partial charge in [-0.15, -0.1) is 11.3 Å². The summed E-state index contributed by atoms with van der Waals surface area (Å²) < 4.78 is 9.95. The highest BCUT2D eigenvalue weighted by molar-refractivity contribution is 7.09. The first kappa shape index (κ1) is 38.6. The summed E-state index contributed by atoms with van der Waals surface area (Å²) in [5.41, 5.74) is 2.53. The molecule has 0 saturated heterocycles. The molecule has 13 nitrogen and oxygen atoms in total. The molecule has 0 aliphatic heterocycles. The van der Waals surface area contributed by atoms with Gasteiger partial charge in [0.15, 0.2) is 6.04 Å². The lowest BCUT2D eigenvalue weighted by molar-refractivity contribution is -0.143. The standard InChI is InChI=1S/C37H43N5O8S/c1-23-22-51-33(39-23)20-42(2)36(47)28-16-26(15-27(17-28)35(46)41-31(21-43)37(48)50-4)34(45)40-30(14-24-9-6-5-7-10-24)32(44)19-38-18-25-11-8-12-29(13-25)49-3/h5-13,15-17,22,30-32,38,43-44H,14,18-21H2,1-4H3,(H,40,45)(H,41,46). The number of hydrogen-bond acceptors (Lipinski definition) is 11. The number of carbonyl (C=O) groups is 4. The number of methoxy groups -OCH3 is 2. The third-order valence-electron chi connectivity index (χ3n) is 7.96. The third-order valence-corrected chi connectivity index (χ3v) is 8.91. The molecule has 4 rings (SSSR count). The van der Waals surface area contributed by atoms with Crippen molar-refractivity contribution in [1.82, 2.24) is 25.8 Å². The molecule has 0 fully saturated rings. The van der Waals surface area contributed by atoms with E-state index in [1.807, 2.05) is 66.9 Å². The van der Waals surface area contributed by atoms with E-state index in [4.69, 9.17) is 4.74 Å². The minimum absolute atomic E-state index is 0.0299. The molecule has 4 aromatic rings. The van der Waals surface area contributed by atoms with Crippen molar-refractivity contribution >= 4 is 35.0 Å². The van der Waals surface area contributed by atoms with Crippen LogP contribution in [0.1, 0.15) is 52.9 Å². The Hall–Kier alpha value is -5.15. The van der Waals surface area contributed by atoms with Crippen molar-refractivity contribution in [3.05, 3.63) is 117 Å². The van der Waals surface area contributed by atoms with Gasteiger partial charge in [0.25, 0.3) is 17.7 Å². The zero-order valence-corrected chi connectivity index (χ0v) is 29.7. The van der Waals surface area contributed by atoms with Gasteiger partial charge in [-0.25, -0.2) is 9.78 Å². The van der Waals surface area contributed by atoms with Gasteiger partial charge in [0.1, 0.15) is 10.8 Å². The van der Waals surface area contributed by atoms with Gasteiger partial charge in [-0.1, -0.05) is 42.5 Å². The molecular weight excluding hydrogens is 675 g/mol. The molecule has 0 spiro atoms. The van der Waals surface area contributed by atoms with Gasteiger partial charge in [-0.05, 0) is 54.8 Å². The quantitative estimate of drug-likeness (QED) is 0.102. The largest absolute Gasteiger partial charge is 0.497 e. The Kier molecular flexibility index (Phi) is 14.2. The van der Waals surface area contributed by atoms with Crippen molar-refractivity contribution in [3.8, 4) is 5.75 Å². The molecule has 0 aliphatic carbocycles. The number of aliphatic hydroxyl groups is 2. The van der Waals surface area contributed by atoms with Gasteiger partial charge in [-0.2, -0.15) is 0 Å². The van der Waals surface area contributed by atoms with Crippen LogP contribution in [0.25, 0.3) is 0 Å². The van der Waals surface area contributed by atoms with Crippen molar-refractivity contribution in [1.29, 1.82) is 0 Å². The summed E-state index contributed by atoms with van der Waals surface area (Å²) in [7, 11) is 4.28. The molecule has 5 N–H and O–H groups in total. The van der Waals surface area contributed by atoms with Crippen LogP contribution in [-0.2, 0) is 29.0 Å². The number of thiazole rings is 1. The molecule has 0 bridgehead atoms. The topological polar surface area (TPSA) is 179 Å². The van der Waals surface area contributed by atoms with Crippen LogP contribution in [0.3, 0.4) is 0 Å². The van der Waals surface area contributed by atoms with E-state index in [1.54, 1.807) is 14.2 Å². The number of carbonyl (C=O) groups excluding carboxylic acids is 4. The van der Waals surface area contributed by atoms with Crippen LogP contribution in [0.4, 0.5) is 0 Å². The Morgan fingerprint density at radius 2 is 1.57 bits per heavy atom. The van der Waals surface area contributed by atoms with E-state index in [2.05, 4.69) is 25.7 Å². The predicted octanol–water partition coefficient (Wildman–Crippen LogP) is 2.49. The number of aryl methyl sites for hydroxylation is 1. The normalized spacial score (nSPS) is 12.7. The monoisotopic (exact) mass is 717 g/mol. The molecule has 1 aromatic heterocycles. The summed E-state index contributed by atoms with van der Waals surface area (Å²) in [6.45, 7) is 1.89. The van der Waals surface area contributed by atoms with E-state index in [9.17, 15) is 29.4 Å². The third kappa shape index (κ3) is 11.2. The van der Waals surface area contributed by atoms with Crippen molar-refractivity contribution in [2.75, 3.05) is 34.4 Å². The maximum absolute atomic E-state index is 13.9. The molecule has 3 unspecified atom stereocenters. The van der Waals surface area contributed by atoms with Crippen molar-refractivity contribution < 1.29 is 38.9 Å². The van der Waals surface area contributed by atoms with Gasteiger partial charge in [0, 0.05) is 47.9 Å². The molecule has 0 saturated carbocycles. The fourth-order valence-electron chi connectivity index (χ4n) is 5.24. The molecule has 3 atom stereocenters. The molecule has 0 radical (unpaired) electrons. The molecular formula is C37H43N5O8S. The second kappa shape index (κ2) is 18.7. The number of benzene rings is 3. The number of hydrogen-bond donors (Lipinski definition) is 5. The van der Waals surface area contributed by atoms with Crippen molar-refractivity contribution in [3.63, 3.8) is 0 Å². The average Bonchev–Trinajstić information content (AvgIpc) is 3.56. The van der Waals surface area contributed by atoms with E-state index in [1.165, 1.54) is 34.4 Å². The van der Waals surface area contributed by atoms with Crippen LogP contribution in [0.5, 0.6) is 5.75 Å². The highest BCUT2D eigenvalue weighted by Crippen LogP contribution is 2.18. The van der Waals surface area contributed by atoms with E-state index in [-0.39, 0.29) is 36.2 Å². The predicted molar refractivity (Wildman–Crippen MR) is 192 cm³/mol. The van der Waals surface area contributed by atoms with E-state index in [0.717, 1.165) is 23.9 Å². The molecule has 14 heteroatoms. The van der Waals surface area contributed by atoms with Crippen LogP contribution in [0.2, 0.25) is 0 Å². The number of ether oxygens (including phenoxy) is 2. The minimum Gasteiger partial charge on any atom is -0.497 e. The molecule has 270 valence electrons. The Labute approximate surface area is 300 Å². The summed E-state index contributed by atoms with van der Waals surface area (Å²) in [5.74, 6) is -2.10. The second-order valence-corrected chi connectivity index (χ2v) is 12.8. The summed E-state index contributed by atoms with van der Waals surface area (Å²) in [4.78, 5) is 58.8. The number of amides is 3. The number of aromatic nitrogens is 1. The maximum atomic E-state index is 13.9. The smallest absolute Gasteiger partial charge is 0.330 e. The first-order valence-electron chi connectivity index (χ1n) is 16.2. The summed E-state index contributed by atoms with van der Waals surface area (Å²) in [5, 5.41) is 32.1. The van der Waals surface area contributed by atoms with Crippen LogP contribution >= 0.6 is 11.3 Å².